The van der Waals surface area contributed by atoms with Gasteiger partial charge in [-0.2, -0.15) is 0 Å². The van der Waals surface area contributed by atoms with Gasteiger partial charge in [-0.1, -0.05) is 30.9 Å². The minimum Gasteiger partial charge on any atom is -0.492 e. The van der Waals surface area contributed by atoms with E-state index in [0.717, 1.165) is 24.3 Å². The van der Waals surface area contributed by atoms with Crippen molar-refractivity contribution in [2.75, 3.05) is 6.61 Å². The first kappa shape index (κ1) is 11.5. The average molecular weight is 203 g/mol. The molecule has 0 radical (unpaired) electrons. The van der Waals surface area contributed by atoms with Crippen molar-refractivity contribution in [1.82, 2.24) is 0 Å². The lowest BCUT2D eigenvalue weighted by Crippen LogP contribution is -1.98. The fraction of sp³-hybridized carbons (Fsp3) is 0.308. The third kappa shape index (κ3) is 5.01. The fourth-order valence-corrected chi connectivity index (χ4v) is 1.16. The summed E-state index contributed by atoms with van der Waals surface area (Å²) in [6.07, 6.45) is 13.6. The Morgan fingerprint density at radius 2 is 2.40 bits per heavy atom. The molecule has 0 atom stereocenters. The monoisotopic (exact) mass is 203 g/mol. The molecule has 1 heterocycles. The van der Waals surface area contributed by atoms with Gasteiger partial charge in [0.05, 0.1) is 11.5 Å². The number of rotatable bonds is 5. The van der Waals surface area contributed by atoms with E-state index in [1.54, 1.807) is 6.08 Å². The van der Waals surface area contributed by atoms with E-state index >= 15 is 0 Å². The van der Waals surface area contributed by atoms with Gasteiger partial charge in [0.2, 0.25) is 0 Å². The predicted molar refractivity (Wildman–Crippen MR) is 64.9 cm³/mol. The number of ether oxygens (including phenoxy) is 1. The Morgan fingerprint density at radius 3 is 3.07 bits per heavy atom. The molecule has 2 heteroatoms. The van der Waals surface area contributed by atoms with Gasteiger partial charge >= 0.3 is 0 Å². The summed E-state index contributed by atoms with van der Waals surface area (Å²) in [5.74, 6) is 0.884. The second-order valence-corrected chi connectivity index (χ2v) is 3.27. The van der Waals surface area contributed by atoms with Crippen LogP contribution in [0.5, 0.6) is 0 Å². The number of nitrogens with zero attached hydrogens (tertiary/aromatic N) is 1. The van der Waals surface area contributed by atoms with Crippen molar-refractivity contribution in [3.63, 3.8) is 0 Å². The summed E-state index contributed by atoms with van der Waals surface area (Å²) < 4.78 is 5.52. The Morgan fingerprint density at radius 1 is 1.53 bits per heavy atom. The maximum atomic E-state index is 5.52. The summed E-state index contributed by atoms with van der Waals surface area (Å²) in [5.41, 5.74) is 1.02. The molecular formula is C13H17NO. The molecule has 80 valence electrons. The van der Waals surface area contributed by atoms with Crippen LogP contribution in [0.2, 0.25) is 0 Å². The Hall–Kier alpha value is -1.57. The molecule has 1 aliphatic rings. The Balaban J connectivity index is 2.33. The zero-order chi connectivity index (χ0) is 10.9. The highest BCUT2D eigenvalue weighted by Gasteiger charge is 1.98. The first-order valence-corrected chi connectivity index (χ1v) is 5.13. The van der Waals surface area contributed by atoms with Gasteiger partial charge in [-0.25, -0.2) is 0 Å². The zero-order valence-electron chi connectivity index (χ0n) is 9.15. The largest absolute Gasteiger partial charge is 0.492 e. The highest BCUT2D eigenvalue weighted by atomic mass is 16.5. The molecule has 0 amide bonds. The molecular weight excluding hydrogens is 186 g/mol. The van der Waals surface area contributed by atoms with E-state index in [4.69, 9.17) is 4.74 Å². The Kier molecular flexibility index (Phi) is 5.23. The minimum absolute atomic E-state index is 0.556. The lowest BCUT2D eigenvalue weighted by atomic mass is 10.2. The summed E-state index contributed by atoms with van der Waals surface area (Å²) in [5, 5.41) is 0. The van der Waals surface area contributed by atoms with E-state index in [9.17, 15) is 0 Å². The van der Waals surface area contributed by atoms with Crippen molar-refractivity contribution in [1.29, 1.82) is 0 Å². The van der Waals surface area contributed by atoms with Crippen LogP contribution in [0.15, 0.2) is 53.4 Å². The molecule has 0 aromatic rings. The van der Waals surface area contributed by atoms with Gasteiger partial charge in [-0.3, -0.25) is 4.99 Å². The third-order valence-electron chi connectivity index (χ3n) is 1.96. The highest BCUT2D eigenvalue weighted by Crippen LogP contribution is 2.08. The van der Waals surface area contributed by atoms with Crippen LogP contribution in [0.3, 0.4) is 0 Å². The molecule has 15 heavy (non-hydrogen) atoms. The van der Waals surface area contributed by atoms with Crippen molar-refractivity contribution in [3.05, 3.63) is 48.4 Å². The normalized spacial score (nSPS) is 16.6. The van der Waals surface area contributed by atoms with Crippen LogP contribution in [-0.2, 0) is 4.74 Å². The molecule has 0 fully saturated rings. The van der Waals surface area contributed by atoms with Gasteiger partial charge in [-0.05, 0) is 25.8 Å². The third-order valence-corrected chi connectivity index (χ3v) is 1.96. The van der Waals surface area contributed by atoms with E-state index < -0.39 is 0 Å². The molecule has 1 aliphatic heterocycles. The van der Waals surface area contributed by atoms with E-state index in [0.29, 0.717) is 6.61 Å². The summed E-state index contributed by atoms with van der Waals surface area (Å²) in [6.45, 7) is 6.08. The minimum atomic E-state index is 0.556. The lowest BCUT2D eigenvalue weighted by molar-refractivity contribution is 0.240. The van der Waals surface area contributed by atoms with Crippen LogP contribution in [-0.4, -0.2) is 12.8 Å². The topological polar surface area (TPSA) is 21.6 Å². The molecule has 0 aromatic carbocycles. The van der Waals surface area contributed by atoms with Gasteiger partial charge in [0.15, 0.2) is 0 Å². The molecule has 0 spiro atoms. The van der Waals surface area contributed by atoms with Gasteiger partial charge in [0.25, 0.3) is 0 Å². The zero-order valence-corrected chi connectivity index (χ0v) is 9.15. The van der Waals surface area contributed by atoms with Crippen LogP contribution in [0.1, 0.15) is 19.8 Å². The van der Waals surface area contributed by atoms with Crippen molar-refractivity contribution in [3.8, 4) is 0 Å². The SMILES string of the molecule is C=C/C=C\C=C(/C)OCC1=CCCC=N1. The lowest BCUT2D eigenvalue weighted by Gasteiger charge is -2.08. The molecule has 0 aromatic heterocycles. The standard InChI is InChI=1S/C13H17NO/c1-3-4-5-8-12(2)15-11-13-9-6-7-10-14-13/h3-5,8-10H,1,6-7,11H2,2H3/b5-4-,12-8+. The van der Waals surface area contributed by atoms with Gasteiger partial charge < -0.3 is 4.74 Å². The molecule has 0 bridgehead atoms. The number of aliphatic imine (C=N–C) groups is 1. The molecule has 0 saturated heterocycles. The summed E-state index contributed by atoms with van der Waals surface area (Å²) in [6, 6.07) is 0. The van der Waals surface area contributed by atoms with Crippen LogP contribution in [0.25, 0.3) is 0 Å². The van der Waals surface area contributed by atoms with E-state index in [1.165, 1.54) is 0 Å². The molecule has 1 rings (SSSR count). The number of allylic oxidation sites excluding steroid dienone is 6. The molecule has 0 saturated carbocycles. The van der Waals surface area contributed by atoms with Crippen molar-refractivity contribution in [2.24, 2.45) is 4.99 Å². The van der Waals surface area contributed by atoms with Crippen LogP contribution >= 0.6 is 0 Å². The first-order chi connectivity index (χ1) is 7.33. The van der Waals surface area contributed by atoms with Crippen molar-refractivity contribution < 1.29 is 4.74 Å². The van der Waals surface area contributed by atoms with Crippen molar-refractivity contribution in [2.45, 2.75) is 19.8 Å². The first-order valence-electron chi connectivity index (χ1n) is 5.13. The average Bonchev–Trinajstić information content (AvgIpc) is 2.28. The molecule has 0 unspecified atom stereocenters. The summed E-state index contributed by atoms with van der Waals surface area (Å²) >= 11 is 0. The van der Waals surface area contributed by atoms with Crippen LogP contribution < -0.4 is 0 Å². The molecule has 0 aliphatic carbocycles. The Bertz CT molecular complexity index is 321. The second-order valence-electron chi connectivity index (χ2n) is 3.27. The second kappa shape index (κ2) is 6.82. The van der Waals surface area contributed by atoms with Crippen molar-refractivity contribution >= 4 is 6.21 Å². The van der Waals surface area contributed by atoms with Gasteiger partial charge in [0, 0.05) is 6.21 Å². The molecule has 0 N–H and O–H groups in total. The quantitative estimate of drug-likeness (QED) is 0.495. The van der Waals surface area contributed by atoms with Gasteiger partial charge in [0.1, 0.15) is 6.61 Å². The maximum absolute atomic E-state index is 5.52. The number of hydrogen-bond donors (Lipinski definition) is 0. The number of hydrogen-bond acceptors (Lipinski definition) is 2. The van der Waals surface area contributed by atoms with Gasteiger partial charge in [-0.15, -0.1) is 0 Å². The highest BCUT2D eigenvalue weighted by molar-refractivity contribution is 5.60. The van der Waals surface area contributed by atoms with E-state index in [2.05, 4.69) is 17.6 Å². The molecule has 2 nitrogen and oxygen atoms in total. The van der Waals surface area contributed by atoms with E-state index in [-0.39, 0.29) is 0 Å². The summed E-state index contributed by atoms with van der Waals surface area (Å²) in [4.78, 5) is 4.25. The smallest absolute Gasteiger partial charge is 0.129 e. The van der Waals surface area contributed by atoms with E-state index in [1.807, 2.05) is 31.4 Å². The predicted octanol–water partition coefficient (Wildman–Crippen LogP) is 3.40. The fourth-order valence-electron chi connectivity index (χ4n) is 1.16. The maximum Gasteiger partial charge on any atom is 0.129 e. The van der Waals surface area contributed by atoms with Crippen LogP contribution in [0, 0.1) is 0 Å². The van der Waals surface area contributed by atoms with Crippen LogP contribution in [0.4, 0.5) is 0 Å². The summed E-state index contributed by atoms with van der Waals surface area (Å²) in [7, 11) is 0. The Labute approximate surface area is 91.4 Å².